The fourth-order valence-corrected chi connectivity index (χ4v) is 11.4. The van der Waals surface area contributed by atoms with Crippen molar-refractivity contribution in [3.63, 3.8) is 0 Å². The van der Waals surface area contributed by atoms with Crippen LogP contribution in [0.15, 0.2) is 170 Å². The minimum Gasteiger partial charge on any atom is -0.496 e. The van der Waals surface area contributed by atoms with Gasteiger partial charge < -0.3 is 72.6 Å². The standard InChI is InChI=1S/C36H43NO7.C35H41NO6.CH4/c1-38-25-44-35-22-37-21-34(43-23-26-19-28-9-4-6-11-31(28)33(20-26)40-3)36(35)27-13-15-30(16-14-27)42-18-8-17-41-24-29-10-5-7-12-32(29)39-2;1-38-32-11-6-4-9-28(32)24-40-16-7-17-41-30-14-12-26(13-15-30)35-29(22-37)20-36-21-34(35)42-23-25-18-27-8-3-5-10-31(27)33(19-25)39-2;/h4-7,9-16,19-20,34-37H,8,17-18,21-25H2,1-3H3;3-6,8-15,18-19,29,34-37H,7,16-17,20-24H2,1-2H3;1H4/t34-,35+,36+;29-,34-,35-;/m00./s1. The van der Waals surface area contributed by atoms with Crippen LogP contribution in [-0.4, -0.2) is 125 Å². The second-order valence-electron chi connectivity index (χ2n) is 21.4. The van der Waals surface area contributed by atoms with Gasteiger partial charge in [-0.3, -0.25) is 0 Å². The van der Waals surface area contributed by atoms with Gasteiger partial charge in [0.1, 0.15) is 41.3 Å². The highest BCUT2D eigenvalue weighted by molar-refractivity contribution is 5.89. The fourth-order valence-electron chi connectivity index (χ4n) is 11.4. The Balaban J connectivity index is 0.000000223. The summed E-state index contributed by atoms with van der Waals surface area (Å²) in [5, 5.41) is 21.6. The van der Waals surface area contributed by atoms with E-state index in [2.05, 4.69) is 77.4 Å². The minimum atomic E-state index is -0.105. The van der Waals surface area contributed by atoms with Gasteiger partial charge in [-0.2, -0.15) is 0 Å². The van der Waals surface area contributed by atoms with Gasteiger partial charge in [0.15, 0.2) is 0 Å². The van der Waals surface area contributed by atoms with Gasteiger partial charge in [0, 0.05) is 92.4 Å². The van der Waals surface area contributed by atoms with E-state index in [1.54, 1.807) is 35.5 Å². The molecule has 2 fully saturated rings. The molecule has 10 rings (SSSR count). The molecular weight excluding hydrogens is 1100 g/mol. The molecule has 2 saturated heterocycles. The number of nitrogens with one attached hydrogen (secondary N) is 2. The molecule has 8 aromatic rings. The number of fused-ring (bicyclic) bond motifs is 2. The third kappa shape index (κ3) is 18.4. The molecule has 2 heterocycles. The van der Waals surface area contributed by atoms with E-state index in [1.807, 2.05) is 103 Å². The predicted molar refractivity (Wildman–Crippen MR) is 342 cm³/mol. The lowest BCUT2D eigenvalue weighted by molar-refractivity contribution is -0.113. The van der Waals surface area contributed by atoms with Crippen molar-refractivity contribution in [1.29, 1.82) is 0 Å². The van der Waals surface area contributed by atoms with Crippen LogP contribution in [0.25, 0.3) is 21.5 Å². The third-order valence-corrected chi connectivity index (χ3v) is 15.8. The van der Waals surface area contributed by atoms with Gasteiger partial charge in [0.25, 0.3) is 0 Å². The predicted octanol–water partition coefficient (Wildman–Crippen LogP) is 12.5. The number of para-hydroxylation sites is 2. The molecule has 87 heavy (non-hydrogen) atoms. The van der Waals surface area contributed by atoms with Gasteiger partial charge in [-0.1, -0.05) is 117 Å². The molecule has 0 spiro atoms. The normalized spacial score (nSPS) is 18.2. The summed E-state index contributed by atoms with van der Waals surface area (Å²) in [7, 11) is 8.39. The van der Waals surface area contributed by atoms with Crippen LogP contribution in [0, 0.1) is 5.92 Å². The number of benzene rings is 8. The number of piperidine rings is 2. The van der Waals surface area contributed by atoms with E-state index in [1.165, 1.54) is 0 Å². The van der Waals surface area contributed by atoms with E-state index >= 15 is 0 Å². The molecule has 15 nitrogen and oxygen atoms in total. The molecule has 0 bridgehead atoms. The second kappa shape index (κ2) is 34.9. The third-order valence-electron chi connectivity index (χ3n) is 15.8. The Kier molecular flexibility index (Phi) is 26.4. The van der Waals surface area contributed by atoms with Crippen LogP contribution in [0.5, 0.6) is 34.5 Å². The van der Waals surface area contributed by atoms with Gasteiger partial charge in [0.2, 0.25) is 0 Å². The highest BCUT2D eigenvalue weighted by Crippen LogP contribution is 2.37. The smallest absolute Gasteiger partial charge is 0.146 e. The number of aliphatic hydroxyl groups is 1. The van der Waals surface area contributed by atoms with Crippen molar-refractivity contribution in [2.24, 2.45) is 5.92 Å². The molecule has 0 aliphatic carbocycles. The van der Waals surface area contributed by atoms with Gasteiger partial charge in [-0.05, 0) is 93.7 Å². The maximum absolute atomic E-state index is 10.2. The number of aliphatic hydroxyl groups excluding tert-OH is 1. The highest BCUT2D eigenvalue weighted by atomic mass is 16.7. The Morgan fingerprint density at radius 2 is 0.851 bits per heavy atom. The maximum Gasteiger partial charge on any atom is 0.146 e. The summed E-state index contributed by atoms with van der Waals surface area (Å²) in [6.07, 6.45) is 1.28. The molecule has 0 radical (unpaired) electrons. The monoisotopic (exact) mass is 1190 g/mol. The molecule has 0 saturated carbocycles. The molecule has 0 aromatic heterocycles. The van der Waals surface area contributed by atoms with E-state index < -0.39 is 0 Å². The van der Waals surface area contributed by atoms with Crippen LogP contribution in [0.2, 0.25) is 0 Å². The summed E-state index contributed by atoms with van der Waals surface area (Å²) in [4.78, 5) is 0. The van der Waals surface area contributed by atoms with Gasteiger partial charge in [0.05, 0.1) is 99.6 Å². The molecule has 3 N–H and O–H groups in total. The first kappa shape index (κ1) is 65.7. The first-order valence-corrected chi connectivity index (χ1v) is 29.7. The van der Waals surface area contributed by atoms with E-state index in [-0.39, 0.29) is 56.9 Å². The van der Waals surface area contributed by atoms with Crippen molar-refractivity contribution in [2.75, 3.05) is 102 Å². The summed E-state index contributed by atoms with van der Waals surface area (Å²) in [5.74, 6) is 5.16. The number of hydrogen-bond acceptors (Lipinski definition) is 15. The molecule has 0 amide bonds. The first-order valence-electron chi connectivity index (χ1n) is 29.7. The Bertz CT molecular complexity index is 3290. The maximum atomic E-state index is 10.2. The molecule has 6 atom stereocenters. The number of ether oxygens (including phenoxy) is 12. The summed E-state index contributed by atoms with van der Waals surface area (Å²) in [6, 6.07) is 57.1. The van der Waals surface area contributed by atoms with Crippen LogP contribution in [0.4, 0.5) is 0 Å². The topological polar surface area (TPSA) is 155 Å². The van der Waals surface area contributed by atoms with Gasteiger partial charge in [-0.15, -0.1) is 0 Å². The molecule has 15 heteroatoms. The van der Waals surface area contributed by atoms with Crippen molar-refractivity contribution < 1.29 is 61.9 Å². The van der Waals surface area contributed by atoms with Crippen LogP contribution in [0.3, 0.4) is 0 Å². The second-order valence-corrected chi connectivity index (χ2v) is 21.4. The Hall–Kier alpha value is -7.28. The summed E-state index contributed by atoms with van der Waals surface area (Å²) in [5.41, 5.74) is 6.48. The number of methoxy groups -OCH3 is 5. The summed E-state index contributed by atoms with van der Waals surface area (Å²) in [6.45, 7) is 7.50. The first-order chi connectivity index (χ1) is 42.4. The van der Waals surface area contributed by atoms with Gasteiger partial charge >= 0.3 is 0 Å². The van der Waals surface area contributed by atoms with E-state index in [4.69, 9.17) is 56.8 Å². The van der Waals surface area contributed by atoms with Crippen LogP contribution in [0.1, 0.15) is 65.5 Å². The van der Waals surface area contributed by atoms with E-state index in [9.17, 15) is 5.11 Å². The summed E-state index contributed by atoms with van der Waals surface area (Å²) >= 11 is 0. The zero-order valence-electron chi connectivity index (χ0n) is 50.3. The minimum absolute atomic E-state index is 0. The van der Waals surface area contributed by atoms with E-state index in [0.29, 0.717) is 59.4 Å². The van der Waals surface area contributed by atoms with Crippen molar-refractivity contribution in [3.8, 4) is 34.5 Å². The van der Waals surface area contributed by atoms with Crippen LogP contribution in [-0.2, 0) is 54.8 Å². The zero-order chi connectivity index (χ0) is 59.7. The van der Waals surface area contributed by atoms with Crippen LogP contribution < -0.4 is 39.1 Å². The van der Waals surface area contributed by atoms with Crippen molar-refractivity contribution in [1.82, 2.24) is 10.6 Å². The van der Waals surface area contributed by atoms with Crippen molar-refractivity contribution in [2.45, 2.75) is 76.8 Å². The lowest BCUT2D eigenvalue weighted by Gasteiger charge is -2.38. The van der Waals surface area contributed by atoms with Crippen LogP contribution >= 0.6 is 0 Å². The number of rotatable bonds is 30. The zero-order valence-corrected chi connectivity index (χ0v) is 50.3. The Labute approximate surface area is 514 Å². The number of hydrogen-bond donors (Lipinski definition) is 3. The lowest BCUT2D eigenvalue weighted by Crippen LogP contribution is -2.50. The summed E-state index contributed by atoms with van der Waals surface area (Å²) < 4.78 is 70.2. The van der Waals surface area contributed by atoms with Gasteiger partial charge in [-0.25, -0.2) is 0 Å². The molecular formula is C72H88N2O13. The average Bonchev–Trinajstić information content (AvgIpc) is 2.24. The lowest BCUT2D eigenvalue weighted by atomic mass is 9.79. The molecule has 2 aliphatic rings. The Morgan fingerprint density at radius 3 is 1.32 bits per heavy atom. The average molecular weight is 1190 g/mol. The largest absolute Gasteiger partial charge is 0.496 e. The molecule has 2 aliphatic heterocycles. The van der Waals surface area contributed by atoms with E-state index in [0.717, 1.165) is 122 Å². The Morgan fingerprint density at radius 1 is 0.425 bits per heavy atom. The molecule has 8 aromatic carbocycles. The SMILES string of the molecule is C.COCO[C@@H]1CNC[C@H](OCc2cc(OC)c3ccccc3c2)[C@H]1c1ccc(OCCCOCc2ccccc2OC)cc1.COc1ccccc1COCCCOc1ccc([C@H]2[C@H](CO)CNC[C@@H]2OCc2cc(OC)c3ccccc3c2)cc1. The van der Waals surface area contributed by atoms with Crippen molar-refractivity contribution >= 4 is 21.5 Å². The quantitative estimate of drug-likeness (QED) is 0.0289. The molecule has 464 valence electrons. The highest BCUT2D eigenvalue weighted by Gasteiger charge is 2.37. The molecule has 0 unspecified atom stereocenters. The fraction of sp³-hybridized carbons (Fsp3) is 0.389. The van der Waals surface area contributed by atoms with Crippen molar-refractivity contribution in [3.05, 3.63) is 203 Å².